The molecular weight excluding hydrogens is 360 g/mol. The van der Waals surface area contributed by atoms with Crippen molar-refractivity contribution in [3.05, 3.63) is 70.7 Å². The Labute approximate surface area is 166 Å². The average molecular weight is 387 g/mol. The summed E-state index contributed by atoms with van der Waals surface area (Å²) in [6.07, 6.45) is 0.410. The molecule has 1 fully saturated rings. The Morgan fingerprint density at radius 3 is 2.48 bits per heavy atom. The van der Waals surface area contributed by atoms with Crippen molar-refractivity contribution in [2.24, 2.45) is 0 Å². The van der Waals surface area contributed by atoms with Crippen LogP contribution in [0.4, 0.5) is 0 Å². The lowest BCUT2D eigenvalue weighted by atomic mass is 9.88. The van der Waals surface area contributed by atoms with Crippen molar-refractivity contribution in [2.45, 2.75) is 12.3 Å². The van der Waals surface area contributed by atoms with E-state index >= 15 is 0 Å². The van der Waals surface area contributed by atoms with Gasteiger partial charge in [-0.05, 0) is 17.2 Å². The van der Waals surface area contributed by atoms with Gasteiger partial charge >= 0.3 is 0 Å². The number of amides is 1. The summed E-state index contributed by atoms with van der Waals surface area (Å²) < 4.78 is 5.38. The van der Waals surface area contributed by atoms with Gasteiger partial charge in [-0.25, -0.2) is 0 Å². The Balaban J connectivity index is 1.68. The van der Waals surface area contributed by atoms with E-state index in [2.05, 4.69) is 17.0 Å². The molecule has 27 heavy (non-hydrogen) atoms. The third-order valence-corrected chi connectivity index (χ3v) is 5.49. The number of halogens is 1. The van der Waals surface area contributed by atoms with Crippen LogP contribution in [0.15, 0.2) is 54.6 Å². The average Bonchev–Trinajstić information content (AvgIpc) is 2.72. The van der Waals surface area contributed by atoms with E-state index in [9.17, 15) is 4.79 Å². The van der Waals surface area contributed by atoms with Crippen LogP contribution in [0.5, 0.6) is 0 Å². The van der Waals surface area contributed by atoms with Crippen LogP contribution in [-0.2, 0) is 9.53 Å². The molecule has 0 spiro atoms. The van der Waals surface area contributed by atoms with Crippen molar-refractivity contribution >= 4 is 17.5 Å². The number of hydrogen-bond donors (Lipinski definition) is 0. The Morgan fingerprint density at radius 1 is 1.11 bits per heavy atom. The number of morpholine rings is 1. The molecule has 144 valence electrons. The van der Waals surface area contributed by atoms with Crippen molar-refractivity contribution in [1.82, 2.24) is 9.80 Å². The first-order chi connectivity index (χ1) is 13.1. The van der Waals surface area contributed by atoms with Gasteiger partial charge in [0.15, 0.2) is 0 Å². The molecule has 3 rings (SSSR count). The summed E-state index contributed by atoms with van der Waals surface area (Å²) in [4.78, 5) is 17.1. The number of hydrogen-bond acceptors (Lipinski definition) is 3. The second-order valence-electron chi connectivity index (χ2n) is 6.96. The van der Waals surface area contributed by atoms with Gasteiger partial charge in [0.2, 0.25) is 5.91 Å². The summed E-state index contributed by atoms with van der Waals surface area (Å²) in [6, 6.07) is 17.9. The zero-order valence-corrected chi connectivity index (χ0v) is 16.6. The maximum atomic E-state index is 12.9. The van der Waals surface area contributed by atoms with Crippen molar-refractivity contribution in [3.63, 3.8) is 0 Å². The van der Waals surface area contributed by atoms with Gasteiger partial charge in [-0.1, -0.05) is 60.1 Å². The number of nitrogens with zero attached hydrogens (tertiary/aromatic N) is 2. The molecule has 0 aromatic heterocycles. The molecule has 0 bridgehead atoms. The molecule has 4 nitrogen and oxygen atoms in total. The summed E-state index contributed by atoms with van der Waals surface area (Å²) >= 11 is 6.45. The summed E-state index contributed by atoms with van der Waals surface area (Å²) in [7, 11) is 1.89. The zero-order valence-electron chi connectivity index (χ0n) is 15.8. The summed E-state index contributed by atoms with van der Waals surface area (Å²) in [5.41, 5.74) is 2.11. The molecule has 0 aliphatic carbocycles. The van der Waals surface area contributed by atoms with Crippen molar-refractivity contribution in [1.29, 1.82) is 0 Å². The highest BCUT2D eigenvalue weighted by molar-refractivity contribution is 6.31. The van der Waals surface area contributed by atoms with E-state index in [0.29, 0.717) is 11.4 Å². The Bertz CT molecular complexity index is 732. The molecule has 2 aromatic carbocycles. The maximum Gasteiger partial charge on any atom is 0.223 e. The van der Waals surface area contributed by atoms with Gasteiger partial charge in [0.05, 0.1) is 13.2 Å². The van der Waals surface area contributed by atoms with E-state index in [4.69, 9.17) is 16.3 Å². The summed E-state index contributed by atoms with van der Waals surface area (Å²) in [5.74, 6) is 0.0928. The van der Waals surface area contributed by atoms with Crippen molar-refractivity contribution in [3.8, 4) is 0 Å². The Hall–Kier alpha value is -1.88. The molecule has 0 unspecified atom stereocenters. The molecule has 0 saturated carbocycles. The Kier molecular flexibility index (Phi) is 7.27. The number of rotatable bonds is 7. The molecule has 1 aliphatic rings. The lowest BCUT2D eigenvalue weighted by molar-refractivity contribution is -0.130. The third-order valence-electron chi connectivity index (χ3n) is 5.14. The molecule has 0 N–H and O–H groups in total. The molecular formula is C22H27ClN2O2. The van der Waals surface area contributed by atoms with Crippen LogP contribution in [0.25, 0.3) is 0 Å². The standard InChI is InChI=1S/C22H27ClN2O2/c1-24(11-12-25-13-15-27-16-14-25)22(26)17-20(18-7-3-2-4-8-18)19-9-5-6-10-21(19)23/h2-10,20H,11-17H2,1H3/t20-/m0/s1. The topological polar surface area (TPSA) is 32.8 Å². The molecule has 1 saturated heterocycles. The second-order valence-corrected chi connectivity index (χ2v) is 7.37. The van der Waals surface area contributed by atoms with Crippen LogP contribution in [0.1, 0.15) is 23.5 Å². The predicted octanol–water partition coefficient (Wildman–Crippen LogP) is 3.65. The third kappa shape index (κ3) is 5.55. The first-order valence-corrected chi connectivity index (χ1v) is 9.86. The number of ether oxygens (including phenoxy) is 1. The number of benzene rings is 2. The monoisotopic (exact) mass is 386 g/mol. The van der Waals surface area contributed by atoms with Crippen LogP contribution in [0.3, 0.4) is 0 Å². The minimum atomic E-state index is -0.0433. The molecule has 1 heterocycles. The SMILES string of the molecule is CN(CCN1CCOCC1)C(=O)C[C@@H](c1ccccc1)c1ccccc1Cl. The van der Waals surface area contributed by atoms with E-state index in [1.54, 1.807) is 0 Å². The van der Waals surface area contributed by atoms with E-state index in [-0.39, 0.29) is 11.8 Å². The highest BCUT2D eigenvalue weighted by Gasteiger charge is 2.22. The van der Waals surface area contributed by atoms with Gasteiger partial charge in [0.1, 0.15) is 0 Å². The van der Waals surface area contributed by atoms with Gasteiger partial charge in [-0.3, -0.25) is 9.69 Å². The maximum absolute atomic E-state index is 12.9. The highest BCUT2D eigenvalue weighted by Crippen LogP contribution is 2.33. The molecule has 0 radical (unpaired) electrons. The second kappa shape index (κ2) is 9.88. The fourth-order valence-corrected chi connectivity index (χ4v) is 3.69. The van der Waals surface area contributed by atoms with E-state index < -0.39 is 0 Å². The number of carbonyl (C=O) groups is 1. The molecule has 1 aliphatic heterocycles. The normalized spacial score (nSPS) is 16.1. The number of carbonyl (C=O) groups excluding carboxylic acids is 1. The van der Waals surface area contributed by atoms with Gasteiger partial charge in [-0.2, -0.15) is 0 Å². The Morgan fingerprint density at radius 2 is 1.78 bits per heavy atom. The van der Waals surface area contributed by atoms with Crippen LogP contribution in [-0.4, -0.2) is 62.1 Å². The fraction of sp³-hybridized carbons (Fsp3) is 0.409. The molecule has 1 atom stereocenters. The van der Waals surface area contributed by atoms with Crippen LogP contribution >= 0.6 is 11.6 Å². The molecule has 1 amide bonds. The summed E-state index contributed by atoms with van der Waals surface area (Å²) in [5, 5.41) is 0.704. The number of likely N-dealkylation sites (N-methyl/N-ethyl adjacent to an activating group) is 1. The largest absolute Gasteiger partial charge is 0.379 e. The molecule has 5 heteroatoms. The molecule has 2 aromatic rings. The van der Waals surface area contributed by atoms with Crippen LogP contribution in [0.2, 0.25) is 5.02 Å². The van der Waals surface area contributed by atoms with E-state index in [0.717, 1.165) is 50.5 Å². The highest BCUT2D eigenvalue weighted by atomic mass is 35.5. The first-order valence-electron chi connectivity index (χ1n) is 9.48. The lowest BCUT2D eigenvalue weighted by Gasteiger charge is -2.29. The summed E-state index contributed by atoms with van der Waals surface area (Å²) in [6.45, 7) is 5.04. The van der Waals surface area contributed by atoms with E-state index in [1.807, 2.05) is 54.4 Å². The first kappa shape index (κ1) is 19.9. The fourth-order valence-electron chi connectivity index (χ4n) is 3.42. The van der Waals surface area contributed by atoms with Crippen molar-refractivity contribution in [2.75, 3.05) is 46.4 Å². The smallest absolute Gasteiger partial charge is 0.223 e. The van der Waals surface area contributed by atoms with Gasteiger partial charge in [-0.15, -0.1) is 0 Å². The lowest BCUT2D eigenvalue weighted by Crippen LogP contribution is -2.42. The minimum absolute atomic E-state index is 0.0433. The van der Waals surface area contributed by atoms with Gasteiger partial charge in [0.25, 0.3) is 0 Å². The van der Waals surface area contributed by atoms with Crippen molar-refractivity contribution < 1.29 is 9.53 Å². The van der Waals surface area contributed by atoms with Gasteiger partial charge < -0.3 is 9.64 Å². The van der Waals surface area contributed by atoms with Gasteiger partial charge in [0, 0.05) is 50.6 Å². The van der Waals surface area contributed by atoms with Crippen LogP contribution < -0.4 is 0 Å². The predicted molar refractivity (Wildman–Crippen MR) is 109 cm³/mol. The van der Waals surface area contributed by atoms with E-state index in [1.165, 1.54) is 0 Å². The minimum Gasteiger partial charge on any atom is -0.379 e. The quantitative estimate of drug-likeness (QED) is 0.728. The zero-order chi connectivity index (χ0) is 19.1. The van der Waals surface area contributed by atoms with Crippen LogP contribution in [0, 0.1) is 0 Å².